The Hall–Kier alpha value is -2.50. The molecule has 0 saturated carbocycles. The van der Waals surface area contributed by atoms with Crippen molar-refractivity contribution in [2.75, 3.05) is 0 Å². The summed E-state index contributed by atoms with van der Waals surface area (Å²) >= 11 is 0. The van der Waals surface area contributed by atoms with E-state index in [1.807, 2.05) is 0 Å². The van der Waals surface area contributed by atoms with E-state index in [4.69, 9.17) is 5.11 Å². The Kier molecular flexibility index (Phi) is 2.47. The number of pyridine rings is 1. The summed E-state index contributed by atoms with van der Waals surface area (Å²) in [6, 6.07) is 2.68. The zero-order valence-corrected chi connectivity index (χ0v) is 8.04. The number of hydrogen-bond acceptors (Lipinski definition) is 4. The van der Waals surface area contributed by atoms with Crippen LogP contribution in [-0.4, -0.2) is 31.8 Å². The van der Waals surface area contributed by atoms with Crippen molar-refractivity contribution in [1.29, 1.82) is 0 Å². The zero-order valence-electron chi connectivity index (χ0n) is 8.04. The maximum Gasteiger partial charge on any atom is 0.337 e. The number of aromatic amines is 1. The molecule has 0 unspecified atom stereocenters. The van der Waals surface area contributed by atoms with Crippen molar-refractivity contribution in [2.24, 2.45) is 0 Å². The average molecular weight is 217 g/mol. The van der Waals surface area contributed by atoms with Gasteiger partial charge < -0.3 is 10.1 Å². The van der Waals surface area contributed by atoms with Crippen LogP contribution in [0.5, 0.6) is 0 Å². The maximum atomic E-state index is 11.7. The third-order valence-corrected chi connectivity index (χ3v) is 1.96. The SMILES string of the molecule is O=C(O)c1ccc(C(=O)c2ncc[nH]2)nc1. The molecule has 0 fully saturated rings. The van der Waals surface area contributed by atoms with Crippen molar-refractivity contribution in [3.63, 3.8) is 0 Å². The lowest BCUT2D eigenvalue weighted by Gasteiger charge is -1.97. The van der Waals surface area contributed by atoms with Gasteiger partial charge in [0.2, 0.25) is 5.78 Å². The summed E-state index contributed by atoms with van der Waals surface area (Å²) in [5, 5.41) is 8.65. The van der Waals surface area contributed by atoms with Crippen molar-refractivity contribution < 1.29 is 14.7 Å². The van der Waals surface area contributed by atoms with Gasteiger partial charge in [-0.15, -0.1) is 0 Å². The van der Waals surface area contributed by atoms with Crippen LogP contribution in [0.2, 0.25) is 0 Å². The third kappa shape index (κ3) is 1.81. The maximum absolute atomic E-state index is 11.7. The van der Waals surface area contributed by atoms with E-state index in [-0.39, 0.29) is 22.9 Å². The van der Waals surface area contributed by atoms with Gasteiger partial charge in [-0.2, -0.15) is 0 Å². The molecule has 2 aromatic heterocycles. The largest absolute Gasteiger partial charge is 0.478 e. The van der Waals surface area contributed by atoms with Gasteiger partial charge in [0, 0.05) is 18.6 Å². The fourth-order valence-electron chi connectivity index (χ4n) is 1.17. The first-order valence-electron chi connectivity index (χ1n) is 4.42. The highest BCUT2D eigenvalue weighted by Gasteiger charge is 2.13. The minimum atomic E-state index is -1.08. The van der Waals surface area contributed by atoms with E-state index in [9.17, 15) is 9.59 Å². The van der Waals surface area contributed by atoms with E-state index < -0.39 is 5.97 Å². The number of aromatic nitrogens is 3. The number of imidazole rings is 1. The summed E-state index contributed by atoms with van der Waals surface area (Å²) in [6.07, 6.45) is 4.12. The standard InChI is InChI=1S/C10H7N3O3/c14-8(9-11-3-4-12-9)7-2-1-6(5-13-7)10(15)16/h1-5H,(H,11,12)(H,15,16). The van der Waals surface area contributed by atoms with Crippen LogP contribution in [0, 0.1) is 0 Å². The first-order valence-corrected chi connectivity index (χ1v) is 4.42. The number of carboxylic acids is 1. The molecule has 0 amide bonds. The van der Waals surface area contributed by atoms with Crippen molar-refractivity contribution in [3.05, 3.63) is 47.8 Å². The highest BCUT2D eigenvalue weighted by atomic mass is 16.4. The fourth-order valence-corrected chi connectivity index (χ4v) is 1.17. The van der Waals surface area contributed by atoms with E-state index in [1.165, 1.54) is 24.5 Å². The molecule has 2 aromatic rings. The molecule has 6 nitrogen and oxygen atoms in total. The van der Waals surface area contributed by atoms with Gasteiger partial charge in [-0.25, -0.2) is 9.78 Å². The molecule has 0 bridgehead atoms. The van der Waals surface area contributed by atoms with Crippen LogP contribution in [0.15, 0.2) is 30.7 Å². The summed E-state index contributed by atoms with van der Waals surface area (Å²) in [5.74, 6) is -1.28. The predicted molar refractivity (Wildman–Crippen MR) is 53.2 cm³/mol. The van der Waals surface area contributed by atoms with Gasteiger partial charge in [-0.1, -0.05) is 0 Å². The molecular weight excluding hydrogens is 210 g/mol. The van der Waals surface area contributed by atoms with Crippen LogP contribution in [0.25, 0.3) is 0 Å². The number of aromatic carboxylic acids is 1. The lowest BCUT2D eigenvalue weighted by atomic mass is 10.2. The highest BCUT2D eigenvalue weighted by Crippen LogP contribution is 2.04. The average Bonchev–Trinajstić information content (AvgIpc) is 2.81. The molecule has 2 heterocycles. The molecule has 0 radical (unpaired) electrons. The van der Waals surface area contributed by atoms with Crippen molar-refractivity contribution in [2.45, 2.75) is 0 Å². The molecule has 2 rings (SSSR count). The van der Waals surface area contributed by atoms with Gasteiger partial charge in [-0.3, -0.25) is 9.78 Å². The fraction of sp³-hybridized carbons (Fsp3) is 0. The van der Waals surface area contributed by atoms with E-state index in [0.717, 1.165) is 6.20 Å². The predicted octanol–water partition coefficient (Wildman–Crippen LogP) is 0.734. The van der Waals surface area contributed by atoms with Gasteiger partial charge in [0.15, 0.2) is 5.82 Å². The van der Waals surface area contributed by atoms with Crippen molar-refractivity contribution in [3.8, 4) is 0 Å². The Bertz CT molecular complexity index is 517. The first kappa shape index (κ1) is 10.0. The molecule has 6 heteroatoms. The van der Waals surface area contributed by atoms with Crippen molar-refractivity contribution >= 4 is 11.8 Å². The monoisotopic (exact) mass is 217 g/mol. The summed E-state index contributed by atoms with van der Waals surface area (Å²) in [5.41, 5.74) is 0.191. The number of nitrogens with zero attached hydrogens (tertiary/aromatic N) is 2. The molecule has 2 N–H and O–H groups in total. The van der Waals surface area contributed by atoms with Gasteiger partial charge in [-0.05, 0) is 12.1 Å². The van der Waals surface area contributed by atoms with Crippen molar-refractivity contribution in [1.82, 2.24) is 15.0 Å². The molecular formula is C10H7N3O3. The Labute approximate surface area is 90.0 Å². The number of carbonyl (C=O) groups excluding carboxylic acids is 1. The summed E-state index contributed by atoms with van der Waals surface area (Å²) < 4.78 is 0. The van der Waals surface area contributed by atoms with Gasteiger partial charge in [0.05, 0.1) is 5.56 Å². The molecule has 0 aliphatic rings. The quantitative estimate of drug-likeness (QED) is 0.739. The van der Waals surface area contributed by atoms with Crippen LogP contribution >= 0.6 is 0 Å². The number of nitrogens with one attached hydrogen (secondary N) is 1. The lowest BCUT2D eigenvalue weighted by Crippen LogP contribution is -2.07. The number of H-pyrrole nitrogens is 1. The van der Waals surface area contributed by atoms with Crippen LogP contribution in [0.1, 0.15) is 26.7 Å². The molecule has 0 saturated heterocycles. The van der Waals surface area contributed by atoms with Gasteiger partial charge in [0.1, 0.15) is 5.69 Å². The third-order valence-electron chi connectivity index (χ3n) is 1.96. The van der Waals surface area contributed by atoms with E-state index in [1.54, 1.807) is 0 Å². The topological polar surface area (TPSA) is 95.9 Å². The molecule has 80 valence electrons. The van der Waals surface area contributed by atoms with Crippen LogP contribution in [0.4, 0.5) is 0 Å². The molecule has 0 aliphatic carbocycles. The van der Waals surface area contributed by atoms with E-state index in [0.29, 0.717) is 0 Å². The lowest BCUT2D eigenvalue weighted by molar-refractivity contribution is 0.0696. The Morgan fingerprint density at radius 3 is 2.56 bits per heavy atom. The summed E-state index contributed by atoms with van der Waals surface area (Å²) in [7, 11) is 0. The Morgan fingerprint density at radius 2 is 2.06 bits per heavy atom. The van der Waals surface area contributed by atoms with Crippen LogP contribution in [-0.2, 0) is 0 Å². The normalized spacial score (nSPS) is 10.0. The number of carbonyl (C=O) groups is 2. The summed E-state index contributed by atoms with van der Waals surface area (Å²) in [6.45, 7) is 0. The second-order valence-corrected chi connectivity index (χ2v) is 3.00. The van der Waals surface area contributed by atoms with E-state index >= 15 is 0 Å². The smallest absolute Gasteiger partial charge is 0.337 e. The minimum Gasteiger partial charge on any atom is -0.478 e. The Morgan fingerprint density at radius 1 is 1.25 bits per heavy atom. The second kappa shape index (κ2) is 3.93. The number of hydrogen-bond donors (Lipinski definition) is 2. The van der Waals surface area contributed by atoms with E-state index in [2.05, 4.69) is 15.0 Å². The molecule has 0 aliphatic heterocycles. The Balaban J connectivity index is 2.29. The number of ketones is 1. The molecule has 0 spiro atoms. The van der Waals surface area contributed by atoms with Crippen LogP contribution in [0.3, 0.4) is 0 Å². The second-order valence-electron chi connectivity index (χ2n) is 3.00. The molecule has 0 atom stereocenters. The minimum absolute atomic E-state index is 0.0380. The zero-order chi connectivity index (χ0) is 11.5. The summed E-state index contributed by atoms with van der Waals surface area (Å²) in [4.78, 5) is 32.5. The molecule has 16 heavy (non-hydrogen) atoms. The molecule has 0 aromatic carbocycles. The van der Waals surface area contributed by atoms with Gasteiger partial charge in [0.25, 0.3) is 0 Å². The first-order chi connectivity index (χ1) is 7.68. The van der Waals surface area contributed by atoms with Crippen LogP contribution < -0.4 is 0 Å². The number of rotatable bonds is 3. The van der Waals surface area contributed by atoms with Gasteiger partial charge >= 0.3 is 5.97 Å². The highest BCUT2D eigenvalue weighted by molar-refractivity contribution is 6.05. The number of carboxylic acid groups (broad SMARTS) is 1.